The standard InChI is InChI=1S/C12H13N3OS2/c1-2-9-4-3-5-10(6-9)14-11(16)7-17-12-15-13-8-18-12/h3-6,8H,2,7H2,1H3,(H,14,16). The molecule has 6 heteroatoms. The van der Waals surface area contributed by atoms with Crippen LogP contribution in [0.5, 0.6) is 0 Å². The van der Waals surface area contributed by atoms with Crippen molar-refractivity contribution in [2.45, 2.75) is 17.7 Å². The number of nitrogens with zero attached hydrogens (tertiary/aromatic N) is 2. The zero-order valence-electron chi connectivity index (χ0n) is 9.92. The van der Waals surface area contributed by atoms with E-state index < -0.39 is 0 Å². The maximum absolute atomic E-state index is 11.7. The van der Waals surface area contributed by atoms with Gasteiger partial charge in [0.2, 0.25) is 5.91 Å². The predicted molar refractivity (Wildman–Crippen MR) is 75.1 cm³/mol. The molecule has 94 valence electrons. The van der Waals surface area contributed by atoms with Crippen LogP contribution in [-0.2, 0) is 11.2 Å². The topological polar surface area (TPSA) is 54.9 Å². The average Bonchev–Trinajstić information content (AvgIpc) is 2.90. The average molecular weight is 279 g/mol. The molecule has 4 nitrogen and oxygen atoms in total. The third kappa shape index (κ3) is 3.82. The highest BCUT2D eigenvalue weighted by atomic mass is 32.2. The summed E-state index contributed by atoms with van der Waals surface area (Å²) in [5, 5.41) is 10.5. The van der Waals surface area contributed by atoms with E-state index in [1.54, 1.807) is 5.51 Å². The molecule has 0 saturated carbocycles. The van der Waals surface area contributed by atoms with Crippen molar-refractivity contribution in [3.8, 4) is 0 Å². The minimum atomic E-state index is -0.0246. The SMILES string of the molecule is CCc1cccc(NC(=O)CSc2nncs2)c1. The number of thioether (sulfide) groups is 1. The molecule has 1 amide bonds. The molecule has 18 heavy (non-hydrogen) atoms. The highest BCUT2D eigenvalue weighted by Crippen LogP contribution is 2.19. The maximum atomic E-state index is 11.7. The molecule has 0 saturated heterocycles. The van der Waals surface area contributed by atoms with Crippen LogP contribution in [0.25, 0.3) is 0 Å². The van der Waals surface area contributed by atoms with Gasteiger partial charge < -0.3 is 5.32 Å². The lowest BCUT2D eigenvalue weighted by Crippen LogP contribution is -2.14. The summed E-state index contributed by atoms with van der Waals surface area (Å²) in [4.78, 5) is 11.7. The van der Waals surface area contributed by atoms with Crippen LogP contribution < -0.4 is 5.32 Å². The van der Waals surface area contributed by atoms with Crippen LogP contribution >= 0.6 is 23.1 Å². The number of anilines is 1. The monoisotopic (exact) mass is 279 g/mol. The molecule has 0 aliphatic carbocycles. The third-order valence-electron chi connectivity index (χ3n) is 2.29. The van der Waals surface area contributed by atoms with E-state index in [-0.39, 0.29) is 5.91 Å². The number of aryl methyl sites for hydroxylation is 1. The van der Waals surface area contributed by atoms with Crippen molar-refractivity contribution in [3.63, 3.8) is 0 Å². The van der Waals surface area contributed by atoms with Crippen molar-refractivity contribution in [2.75, 3.05) is 11.1 Å². The normalized spacial score (nSPS) is 10.3. The lowest BCUT2D eigenvalue weighted by atomic mass is 10.1. The Morgan fingerprint density at radius 3 is 3.11 bits per heavy atom. The minimum absolute atomic E-state index is 0.0246. The molecular formula is C12H13N3OS2. The molecule has 0 fully saturated rings. The van der Waals surface area contributed by atoms with Gasteiger partial charge in [0.15, 0.2) is 4.34 Å². The molecular weight excluding hydrogens is 266 g/mol. The van der Waals surface area contributed by atoms with E-state index in [1.807, 2.05) is 24.3 Å². The number of carbonyl (C=O) groups is 1. The molecule has 1 aromatic heterocycles. The number of amides is 1. The first-order valence-electron chi connectivity index (χ1n) is 5.55. The fraction of sp³-hybridized carbons (Fsp3) is 0.250. The lowest BCUT2D eigenvalue weighted by Gasteiger charge is -2.05. The van der Waals surface area contributed by atoms with E-state index in [0.717, 1.165) is 16.4 Å². The Morgan fingerprint density at radius 2 is 2.39 bits per heavy atom. The first kappa shape index (κ1) is 13.0. The minimum Gasteiger partial charge on any atom is -0.325 e. The van der Waals surface area contributed by atoms with Crippen molar-refractivity contribution in [1.29, 1.82) is 0 Å². The Labute approximate surface area is 114 Å². The van der Waals surface area contributed by atoms with E-state index in [9.17, 15) is 4.79 Å². The van der Waals surface area contributed by atoms with Gasteiger partial charge in [-0.25, -0.2) is 0 Å². The van der Waals surface area contributed by atoms with Crippen molar-refractivity contribution in [3.05, 3.63) is 35.3 Å². The van der Waals surface area contributed by atoms with Crippen LogP contribution in [0, 0.1) is 0 Å². The van der Waals surface area contributed by atoms with E-state index in [1.165, 1.54) is 28.7 Å². The van der Waals surface area contributed by atoms with Crippen LogP contribution in [0.2, 0.25) is 0 Å². The van der Waals surface area contributed by atoms with Gasteiger partial charge in [0.05, 0.1) is 5.75 Å². The summed E-state index contributed by atoms with van der Waals surface area (Å²) >= 11 is 2.84. The fourth-order valence-corrected chi connectivity index (χ4v) is 2.71. The van der Waals surface area contributed by atoms with Gasteiger partial charge in [0, 0.05) is 5.69 Å². The van der Waals surface area contributed by atoms with Crippen molar-refractivity contribution in [1.82, 2.24) is 10.2 Å². The molecule has 0 aliphatic heterocycles. The molecule has 0 bridgehead atoms. The summed E-state index contributed by atoms with van der Waals surface area (Å²) in [6.07, 6.45) is 0.962. The van der Waals surface area contributed by atoms with E-state index in [4.69, 9.17) is 0 Å². The second-order valence-electron chi connectivity index (χ2n) is 3.60. The highest BCUT2D eigenvalue weighted by molar-refractivity contribution is 8.01. The van der Waals surface area contributed by atoms with Crippen LogP contribution in [0.3, 0.4) is 0 Å². The first-order chi connectivity index (χ1) is 8.78. The van der Waals surface area contributed by atoms with E-state index in [0.29, 0.717) is 5.75 Å². The Morgan fingerprint density at radius 1 is 1.50 bits per heavy atom. The van der Waals surface area contributed by atoms with Gasteiger partial charge in [-0.2, -0.15) is 0 Å². The predicted octanol–water partition coefficient (Wildman–Crippen LogP) is 2.83. The molecule has 2 rings (SSSR count). The van der Waals surface area contributed by atoms with E-state index >= 15 is 0 Å². The molecule has 1 heterocycles. The summed E-state index contributed by atoms with van der Waals surface area (Å²) < 4.78 is 0.812. The van der Waals surface area contributed by atoms with Crippen LogP contribution in [0.15, 0.2) is 34.1 Å². The summed E-state index contributed by atoms with van der Waals surface area (Å²) in [5.41, 5.74) is 3.71. The van der Waals surface area contributed by atoms with Gasteiger partial charge >= 0.3 is 0 Å². The maximum Gasteiger partial charge on any atom is 0.234 e. The number of nitrogens with one attached hydrogen (secondary N) is 1. The van der Waals surface area contributed by atoms with Gasteiger partial charge in [-0.3, -0.25) is 4.79 Å². The Bertz CT molecular complexity index is 514. The molecule has 0 unspecified atom stereocenters. The molecule has 2 aromatic rings. The third-order valence-corrected chi connectivity index (χ3v) is 4.15. The Kier molecular flexibility index (Phi) is 4.72. The number of benzene rings is 1. The number of hydrogen-bond donors (Lipinski definition) is 1. The summed E-state index contributed by atoms with van der Waals surface area (Å²) in [6.45, 7) is 2.09. The number of carbonyl (C=O) groups excluding carboxylic acids is 1. The molecule has 0 spiro atoms. The van der Waals surface area contributed by atoms with Crippen LogP contribution in [0.1, 0.15) is 12.5 Å². The quantitative estimate of drug-likeness (QED) is 0.855. The Hall–Kier alpha value is -1.40. The van der Waals surface area contributed by atoms with Gasteiger partial charge in [-0.1, -0.05) is 42.2 Å². The molecule has 0 aliphatic rings. The van der Waals surface area contributed by atoms with Crippen LogP contribution in [-0.4, -0.2) is 21.9 Å². The van der Waals surface area contributed by atoms with Crippen molar-refractivity contribution >= 4 is 34.7 Å². The number of hydrogen-bond acceptors (Lipinski definition) is 5. The van der Waals surface area contributed by atoms with Crippen LogP contribution in [0.4, 0.5) is 5.69 Å². The Balaban J connectivity index is 1.86. The van der Waals surface area contributed by atoms with Gasteiger partial charge in [-0.05, 0) is 24.1 Å². The van der Waals surface area contributed by atoms with E-state index in [2.05, 4.69) is 22.4 Å². The fourth-order valence-electron chi connectivity index (χ4n) is 1.42. The first-order valence-corrected chi connectivity index (χ1v) is 7.42. The van der Waals surface area contributed by atoms with Crippen molar-refractivity contribution < 1.29 is 4.79 Å². The zero-order chi connectivity index (χ0) is 12.8. The summed E-state index contributed by atoms with van der Waals surface area (Å²) in [7, 11) is 0. The summed E-state index contributed by atoms with van der Waals surface area (Å²) in [5.74, 6) is 0.328. The molecule has 0 radical (unpaired) electrons. The lowest BCUT2D eigenvalue weighted by molar-refractivity contribution is -0.113. The number of rotatable bonds is 5. The zero-order valence-corrected chi connectivity index (χ0v) is 11.6. The van der Waals surface area contributed by atoms with Gasteiger partial charge in [0.1, 0.15) is 5.51 Å². The second kappa shape index (κ2) is 6.51. The second-order valence-corrected chi connectivity index (χ2v) is 5.65. The number of aromatic nitrogens is 2. The largest absolute Gasteiger partial charge is 0.325 e. The molecule has 0 atom stereocenters. The van der Waals surface area contributed by atoms with Gasteiger partial charge in [-0.15, -0.1) is 10.2 Å². The summed E-state index contributed by atoms with van der Waals surface area (Å²) in [6, 6.07) is 7.89. The highest BCUT2D eigenvalue weighted by Gasteiger charge is 2.05. The molecule has 1 N–H and O–H groups in total. The van der Waals surface area contributed by atoms with Crippen molar-refractivity contribution in [2.24, 2.45) is 0 Å². The molecule has 1 aromatic carbocycles. The van der Waals surface area contributed by atoms with Gasteiger partial charge in [0.25, 0.3) is 0 Å². The smallest absolute Gasteiger partial charge is 0.234 e.